The number of pyridine rings is 1. The number of hydrogen-bond acceptors (Lipinski definition) is 3. The van der Waals surface area contributed by atoms with Gasteiger partial charge in [0.25, 0.3) is 5.56 Å². The van der Waals surface area contributed by atoms with Crippen molar-refractivity contribution >= 4 is 5.97 Å². The first-order chi connectivity index (χ1) is 10.5. The smallest absolute Gasteiger partial charge is 0.383 e. The summed E-state index contributed by atoms with van der Waals surface area (Å²) in [6, 6.07) is 12.1. The van der Waals surface area contributed by atoms with Crippen LogP contribution < -0.4 is 5.56 Å². The van der Waals surface area contributed by atoms with Crippen molar-refractivity contribution in [3.63, 3.8) is 0 Å². The molecule has 0 fully saturated rings. The van der Waals surface area contributed by atoms with Gasteiger partial charge < -0.3 is 9.30 Å². The lowest BCUT2D eigenvalue weighted by Gasteiger charge is -2.19. The van der Waals surface area contributed by atoms with Crippen LogP contribution in [0.25, 0.3) is 0 Å². The second-order valence-corrected chi connectivity index (χ2v) is 4.62. The summed E-state index contributed by atoms with van der Waals surface area (Å²) in [7, 11) is 0. The highest BCUT2D eigenvalue weighted by Gasteiger charge is 2.45. The Morgan fingerprint density at radius 2 is 1.82 bits per heavy atom. The predicted molar refractivity (Wildman–Crippen MR) is 76.8 cm³/mol. The molecule has 0 atom stereocenters. The topological polar surface area (TPSA) is 48.3 Å². The number of benzene rings is 1. The third kappa shape index (κ3) is 3.21. The largest absolute Gasteiger partial charge is 0.461 e. The van der Waals surface area contributed by atoms with Gasteiger partial charge in [-0.3, -0.25) is 4.79 Å². The summed E-state index contributed by atoms with van der Waals surface area (Å²) in [4.78, 5) is 23.4. The number of alkyl halides is 2. The number of carbonyl (C=O) groups excluding carboxylic acids is 1. The van der Waals surface area contributed by atoms with Crippen molar-refractivity contribution in [2.24, 2.45) is 0 Å². The van der Waals surface area contributed by atoms with Gasteiger partial charge in [-0.05, 0) is 18.6 Å². The van der Waals surface area contributed by atoms with E-state index in [0.29, 0.717) is 5.56 Å². The van der Waals surface area contributed by atoms with E-state index in [0.717, 1.165) is 10.6 Å². The quantitative estimate of drug-likeness (QED) is 0.798. The van der Waals surface area contributed by atoms with E-state index in [2.05, 4.69) is 4.74 Å². The molecule has 0 bridgehead atoms. The Morgan fingerprint density at radius 1 is 1.14 bits per heavy atom. The molecule has 4 nitrogen and oxygen atoms in total. The molecular weight excluding hydrogens is 292 g/mol. The molecule has 2 rings (SSSR count). The van der Waals surface area contributed by atoms with Crippen LogP contribution in [0.4, 0.5) is 8.78 Å². The summed E-state index contributed by atoms with van der Waals surface area (Å²) in [5, 5.41) is 0. The molecule has 22 heavy (non-hydrogen) atoms. The van der Waals surface area contributed by atoms with Crippen molar-refractivity contribution in [2.45, 2.75) is 19.4 Å². The Balaban J connectivity index is 2.47. The van der Waals surface area contributed by atoms with Gasteiger partial charge in [0.2, 0.25) is 0 Å². The SMILES string of the molecule is CCOC(=O)C(F)(F)c1cccc(=O)n1Cc1ccccc1. The molecule has 0 saturated carbocycles. The highest BCUT2D eigenvalue weighted by molar-refractivity contribution is 5.78. The molecule has 116 valence electrons. The highest BCUT2D eigenvalue weighted by Crippen LogP contribution is 2.29. The van der Waals surface area contributed by atoms with Gasteiger partial charge in [0.1, 0.15) is 5.69 Å². The van der Waals surface area contributed by atoms with Gasteiger partial charge in [0.05, 0.1) is 13.2 Å². The summed E-state index contributed by atoms with van der Waals surface area (Å²) in [6.07, 6.45) is 0. The number of carbonyl (C=O) groups is 1. The van der Waals surface area contributed by atoms with Crippen molar-refractivity contribution < 1.29 is 18.3 Å². The number of nitrogens with zero attached hydrogens (tertiary/aromatic N) is 1. The standard InChI is InChI=1S/C16H15F2NO3/c1-2-22-15(21)16(17,18)13-9-6-10-14(20)19(13)11-12-7-4-3-5-8-12/h3-10H,2,11H2,1H3. The summed E-state index contributed by atoms with van der Waals surface area (Å²) < 4.78 is 33.8. The van der Waals surface area contributed by atoms with Crippen LogP contribution in [0.5, 0.6) is 0 Å². The molecule has 6 heteroatoms. The van der Waals surface area contributed by atoms with Crippen LogP contribution in [0.2, 0.25) is 0 Å². The maximum Gasteiger partial charge on any atom is 0.383 e. The minimum atomic E-state index is -3.88. The maximum atomic E-state index is 14.2. The molecule has 0 spiro atoms. The minimum Gasteiger partial charge on any atom is -0.461 e. The van der Waals surface area contributed by atoms with E-state index in [-0.39, 0.29) is 13.2 Å². The first kappa shape index (κ1) is 15.9. The normalized spacial score (nSPS) is 11.2. The lowest BCUT2D eigenvalue weighted by molar-refractivity contribution is -0.174. The first-order valence-electron chi connectivity index (χ1n) is 6.76. The van der Waals surface area contributed by atoms with Gasteiger partial charge in [0, 0.05) is 6.07 Å². The van der Waals surface area contributed by atoms with Crippen LogP contribution >= 0.6 is 0 Å². The molecule has 1 aromatic heterocycles. The fourth-order valence-electron chi connectivity index (χ4n) is 2.05. The number of ether oxygens (including phenoxy) is 1. The molecule has 2 aromatic rings. The van der Waals surface area contributed by atoms with Crippen molar-refractivity contribution in [1.82, 2.24) is 4.57 Å². The Morgan fingerprint density at radius 3 is 2.45 bits per heavy atom. The molecule has 0 N–H and O–H groups in total. The van der Waals surface area contributed by atoms with E-state index >= 15 is 0 Å². The molecule has 0 aliphatic heterocycles. The van der Waals surface area contributed by atoms with Crippen LogP contribution in [-0.4, -0.2) is 17.1 Å². The molecule has 1 heterocycles. The Bertz CT molecular complexity index is 711. The monoisotopic (exact) mass is 307 g/mol. The molecule has 0 unspecified atom stereocenters. The van der Waals surface area contributed by atoms with Gasteiger partial charge in [-0.15, -0.1) is 0 Å². The second kappa shape index (κ2) is 6.51. The van der Waals surface area contributed by atoms with Crippen molar-refractivity contribution in [1.29, 1.82) is 0 Å². The van der Waals surface area contributed by atoms with E-state index in [9.17, 15) is 18.4 Å². The number of aromatic nitrogens is 1. The first-order valence-corrected chi connectivity index (χ1v) is 6.76. The number of rotatable bonds is 5. The van der Waals surface area contributed by atoms with Gasteiger partial charge in [-0.25, -0.2) is 4.79 Å². The molecule has 0 aliphatic rings. The molecule has 0 saturated heterocycles. The van der Waals surface area contributed by atoms with Crippen LogP contribution in [0.1, 0.15) is 18.2 Å². The summed E-state index contributed by atoms with van der Waals surface area (Å²) in [6.45, 7) is 1.23. The van der Waals surface area contributed by atoms with Gasteiger partial charge in [-0.1, -0.05) is 36.4 Å². The van der Waals surface area contributed by atoms with Gasteiger partial charge in [0.15, 0.2) is 0 Å². The van der Waals surface area contributed by atoms with E-state index in [1.54, 1.807) is 30.3 Å². The average Bonchev–Trinajstić information content (AvgIpc) is 2.50. The molecule has 0 amide bonds. The second-order valence-electron chi connectivity index (χ2n) is 4.62. The fraction of sp³-hybridized carbons (Fsp3) is 0.250. The van der Waals surface area contributed by atoms with Crippen molar-refractivity contribution in [3.8, 4) is 0 Å². The molecule has 0 aliphatic carbocycles. The number of hydrogen-bond donors (Lipinski definition) is 0. The predicted octanol–water partition coefficient (Wildman–Crippen LogP) is 2.55. The Labute approximate surface area is 126 Å². The highest BCUT2D eigenvalue weighted by atomic mass is 19.3. The van der Waals surface area contributed by atoms with E-state index in [1.807, 2.05) is 0 Å². The lowest BCUT2D eigenvalue weighted by atomic mass is 10.1. The van der Waals surface area contributed by atoms with Crippen LogP contribution in [-0.2, 0) is 22.0 Å². The van der Waals surface area contributed by atoms with E-state index < -0.39 is 23.1 Å². The van der Waals surface area contributed by atoms with Crippen molar-refractivity contribution in [2.75, 3.05) is 6.61 Å². The number of halogens is 2. The van der Waals surface area contributed by atoms with Crippen LogP contribution in [0.15, 0.2) is 53.3 Å². The van der Waals surface area contributed by atoms with Gasteiger partial charge in [-0.2, -0.15) is 8.78 Å². The Kier molecular flexibility index (Phi) is 4.70. The zero-order valence-corrected chi connectivity index (χ0v) is 12.0. The van der Waals surface area contributed by atoms with E-state index in [4.69, 9.17) is 0 Å². The Hall–Kier alpha value is -2.50. The third-order valence-electron chi connectivity index (χ3n) is 3.09. The van der Waals surface area contributed by atoms with Crippen LogP contribution in [0.3, 0.4) is 0 Å². The molecular formula is C16H15F2NO3. The summed E-state index contributed by atoms with van der Waals surface area (Å²) in [5.74, 6) is -5.55. The fourth-order valence-corrected chi connectivity index (χ4v) is 2.05. The van der Waals surface area contributed by atoms with E-state index in [1.165, 1.54) is 19.1 Å². The van der Waals surface area contributed by atoms with Crippen molar-refractivity contribution in [3.05, 3.63) is 70.1 Å². The van der Waals surface area contributed by atoms with Gasteiger partial charge >= 0.3 is 11.9 Å². The third-order valence-corrected chi connectivity index (χ3v) is 3.09. The summed E-state index contributed by atoms with van der Waals surface area (Å²) in [5.41, 5.74) is -0.607. The molecule has 1 aromatic carbocycles. The average molecular weight is 307 g/mol. The zero-order valence-electron chi connectivity index (χ0n) is 12.0. The summed E-state index contributed by atoms with van der Waals surface area (Å²) >= 11 is 0. The maximum absolute atomic E-state index is 14.2. The zero-order chi connectivity index (χ0) is 16.2. The minimum absolute atomic E-state index is 0.0508. The number of esters is 1. The lowest BCUT2D eigenvalue weighted by Crippen LogP contribution is -2.36. The van der Waals surface area contributed by atoms with Crippen LogP contribution in [0, 0.1) is 0 Å². The molecule has 0 radical (unpaired) electrons.